The third kappa shape index (κ3) is 3.00. The molecule has 1 heteroatoms. The van der Waals surface area contributed by atoms with Gasteiger partial charge in [-0.05, 0) is 51.4 Å². The third-order valence-corrected chi connectivity index (χ3v) is 4.91. The summed E-state index contributed by atoms with van der Waals surface area (Å²) in [4.78, 5) is 12.1. The number of hydrogen-bond donors (Lipinski definition) is 0. The average Bonchev–Trinajstić information content (AvgIpc) is 2.66. The van der Waals surface area contributed by atoms with E-state index in [-0.39, 0.29) is 16.7 Å². The van der Waals surface area contributed by atoms with Gasteiger partial charge in [0.1, 0.15) is 5.78 Å². The standard InChI is InChI=1S/C19H28O/c1-14(8-6-12-18(2,3)4)15-10-11-16-17(20)9-7-13-19(15,16)5/h10,14,16H,7-9,11,13H2,1-5H3/t14-,16?,19-/m1/s1. The summed E-state index contributed by atoms with van der Waals surface area (Å²) in [5.74, 6) is 7.89. The minimum atomic E-state index is 0.0804. The molecule has 1 nitrogen and oxygen atoms in total. The molecular weight excluding hydrogens is 244 g/mol. The van der Waals surface area contributed by atoms with Crippen LogP contribution in [-0.2, 0) is 4.79 Å². The van der Waals surface area contributed by atoms with Gasteiger partial charge < -0.3 is 0 Å². The van der Waals surface area contributed by atoms with E-state index < -0.39 is 0 Å². The summed E-state index contributed by atoms with van der Waals surface area (Å²) >= 11 is 0. The van der Waals surface area contributed by atoms with Crippen molar-refractivity contribution in [3.8, 4) is 11.8 Å². The highest BCUT2D eigenvalue weighted by Gasteiger charge is 2.47. The molecule has 0 spiro atoms. The Morgan fingerprint density at radius 3 is 2.80 bits per heavy atom. The first-order chi connectivity index (χ1) is 9.24. The van der Waals surface area contributed by atoms with Crippen LogP contribution in [-0.4, -0.2) is 5.78 Å². The van der Waals surface area contributed by atoms with Crippen molar-refractivity contribution < 1.29 is 4.79 Å². The molecule has 0 heterocycles. The number of rotatable bonds is 2. The van der Waals surface area contributed by atoms with Crippen LogP contribution in [0.5, 0.6) is 0 Å². The van der Waals surface area contributed by atoms with Crippen LogP contribution in [0.4, 0.5) is 0 Å². The molecule has 0 aromatic rings. The molecule has 110 valence electrons. The van der Waals surface area contributed by atoms with Gasteiger partial charge in [-0.2, -0.15) is 0 Å². The summed E-state index contributed by atoms with van der Waals surface area (Å²) in [5, 5.41) is 0. The first kappa shape index (κ1) is 15.4. The lowest BCUT2D eigenvalue weighted by Gasteiger charge is -2.39. The number of Topliss-reactive ketones (excluding diaryl/α,β-unsaturated/α-hetero) is 1. The van der Waals surface area contributed by atoms with Gasteiger partial charge in [-0.1, -0.05) is 31.4 Å². The van der Waals surface area contributed by atoms with Gasteiger partial charge in [0.05, 0.1) is 0 Å². The maximum absolute atomic E-state index is 12.1. The van der Waals surface area contributed by atoms with E-state index in [1.807, 2.05) is 0 Å². The fourth-order valence-corrected chi connectivity index (χ4v) is 3.89. The Bertz CT molecular complexity index is 480. The summed E-state index contributed by atoms with van der Waals surface area (Å²) in [6, 6.07) is 0. The number of allylic oxidation sites excluding steroid dienone is 2. The van der Waals surface area contributed by atoms with Crippen molar-refractivity contribution >= 4 is 5.78 Å². The lowest BCUT2D eigenvalue weighted by atomic mass is 9.63. The quantitative estimate of drug-likeness (QED) is 0.523. The Morgan fingerprint density at radius 1 is 1.45 bits per heavy atom. The van der Waals surface area contributed by atoms with Gasteiger partial charge in [-0.25, -0.2) is 0 Å². The Hall–Kier alpha value is -1.03. The minimum Gasteiger partial charge on any atom is -0.299 e. The van der Waals surface area contributed by atoms with Crippen LogP contribution in [0, 0.1) is 34.5 Å². The number of ketones is 1. The Morgan fingerprint density at radius 2 is 2.15 bits per heavy atom. The van der Waals surface area contributed by atoms with Crippen LogP contribution in [0.1, 0.15) is 66.7 Å². The predicted octanol–water partition coefficient (Wildman–Crippen LogP) is 4.77. The van der Waals surface area contributed by atoms with Crippen LogP contribution < -0.4 is 0 Å². The van der Waals surface area contributed by atoms with Gasteiger partial charge in [-0.3, -0.25) is 4.79 Å². The molecule has 2 aliphatic rings. The molecular formula is C19H28O. The second-order valence-electron chi connectivity index (χ2n) is 7.84. The monoisotopic (exact) mass is 272 g/mol. The largest absolute Gasteiger partial charge is 0.299 e. The molecule has 3 atom stereocenters. The molecule has 1 unspecified atom stereocenters. The highest BCUT2D eigenvalue weighted by atomic mass is 16.1. The van der Waals surface area contributed by atoms with Gasteiger partial charge in [0, 0.05) is 24.2 Å². The highest BCUT2D eigenvalue weighted by molar-refractivity contribution is 5.84. The van der Waals surface area contributed by atoms with Crippen molar-refractivity contribution in [2.24, 2.45) is 22.7 Å². The number of carbonyl (C=O) groups is 1. The summed E-state index contributed by atoms with van der Waals surface area (Å²) in [6.07, 6.45) is 7.24. The summed E-state index contributed by atoms with van der Waals surface area (Å²) in [5.41, 5.74) is 1.70. The third-order valence-electron chi connectivity index (χ3n) is 4.91. The van der Waals surface area contributed by atoms with Crippen LogP contribution >= 0.6 is 0 Å². The fourth-order valence-electron chi connectivity index (χ4n) is 3.89. The highest BCUT2D eigenvalue weighted by Crippen LogP contribution is 2.53. The lowest BCUT2D eigenvalue weighted by molar-refractivity contribution is -0.128. The molecule has 2 aliphatic carbocycles. The predicted molar refractivity (Wildman–Crippen MR) is 84.2 cm³/mol. The van der Waals surface area contributed by atoms with Gasteiger partial charge in [-0.15, -0.1) is 5.92 Å². The van der Waals surface area contributed by atoms with Crippen molar-refractivity contribution in [2.45, 2.75) is 66.7 Å². The van der Waals surface area contributed by atoms with Gasteiger partial charge >= 0.3 is 0 Å². The second kappa shape index (κ2) is 5.40. The smallest absolute Gasteiger partial charge is 0.137 e. The van der Waals surface area contributed by atoms with Gasteiger partial charge in [0.15, 0.2) is 0 Å². The van der Waals surface area contributed by atoms with Crippen molar-refractivity contribution in [3.05, 3.63) is 11.6 Å². The molecule has 0 aliphatic heterocycles. The Kier molecular flexibility index (Phi) is 4.14. The average molecular weight is 272 g/mol. The molecule has 20 heavy (non-hydrogen) atoms. The molecule has 0 aromatic heterocycles. The summed E-state index contributed by atoms with van der Waals surface area (Å²) < 4.78 is 0. The molecule has 1 fully saturated rings. The molecule has 0 saturated heterocycles. The van der Waals surface area contributed by atoms with Gasteiger partial charge in [0.25, 0.3) is 0 Å². The Balaban J connectivity index is 2.09. The van der Waals surface area contributed by atoms with Crippen LogP contribution in [0.2, 0.25) is 0 Å². The molecule has 0 radical (unpaired) electrons. The van der Waals surface area contributed by atoms with Crippen LogP contribution in [0.3, 0.4) is 0 Å². The lowest BCUT2D eigenvalue weighted by Crippen LogP contribution is -2.36. The summed E-state index contributed by atoms with van der Waals surface area (Å²) in [6.45, 7) is 11.0. The van der Waals surface area contributed by atoms with E-state index in [4.69, 9.17) is 0 Å². The molecule has 2 rings (SSSR count). The molecule has 0 aromatic carbocycles. The van der Waals surface area contributed by atoms with Crippen molar-refractivity contribution in [2.75, 3.05) is 0 Å². The minimum absolute atomic E-state index is 0.0804. The van der Waals surface area contributed by atoms with E-state index in [9.17, 15) is 4.79 Å². The van der Waals surface area contributed by atoms with Gasteiger partial charge in [0.2, 0.25) is 0 Å². The molecule has 0 N–H and O–H groups in total. The number of fused-ring (bicyclic) bond motifs is 1. The molecule has 0 amide bonds. The zero-order valence-electron chi connectivity index (χ0n) is 13.7. The summed E-state index contributed by atoms with van der Waals surface area (Å²) in [7, 11) is 0. The van der Waals surface area contributed by atoms with Crippen molar-refractivity contribution in [1.82, 2.24) is 0 Å². The first-order valence-electron chi connectivity index (χ1n) is 7.97. The molecule has 0 bridgehead atoms. The molecule has 1 saturated carbocycles. The zero-order chi connectivity index (χ0) is 15.0. The van der Waals surface area contributed by atoms with E-state index in [0.29, 0.717) is 11.7 Å². The van der Waals surface area contributed by atoms with E-state index in [0.717, 1.165) is 25.7 Å². The topological polar surface area (TPSA) is 17.1 Å². The second-order valence-corrected chi connectivity index (χ2v) is 7.84. The van der Waals surface area contributed by atoms with E-state index in [2.05, 4.69) is 52.5 Å². The number of carbonyl (C=O) groups excluding carboxylic acids is 1. The van der Waals surface area contributed by atoms with E-state index in [1.54, 1.807) is 0 Å². The fraction of sp³-hybridized carbons (Fsp3) is 0.737. The van der Waals surface area contributed by atoms with E-state index in [1.165, 1.54) is 12.0 Å². The first-order valence-corrected chi connectivity index (χ1v) is 7.97. The maximum Gasteiger partial charge on any atom is 0.137 e. The maximum atomic E-state index is 12.1. The van der Waals surface area contributed by atoms with E-state index >= 15 is 0 Å². The zero-order valence-corrected chi connectivity index (χ0v) is 13.7. The van der Waals surface area contributed by atoms with Crippen LogP contribution in [0.15, 0.2) is 11.6 Å². The van der Waals surface area contributed by atoms with Crippen molar-refractivity contribution in [1.29, 1.82) is 0 Å². The van der Waals surface area contributed by atoms with Crippen molar-refractivity contribution in [3.63, 3.8) is 0 Å². The SMILES string of the molecule is C[C@H](CC#CC(C)(C)C)C1=CCC2C(=O)CCC[C@]12C. The number of hydrogen-bond acceptors (Lipinski definition) is 1. The van der Waals surface area contributed by atoms with Crippen LogP contribution in [0.25, 0.3) is 0 Å². The Labute approximate surface area is 124 Å². The normalized spacial score (nSPS) is 31.1.